The lowest BCUT2D eigenvalue weighted by Crippen LogP contribution is -2.40. The van der Waals surface area contributed by atoms with Gasteiger partial charge in [-0.15, -0.1) is 0 Å². The molecule has 0 bridgehead atoms. The van der Waals surface area contributed by atoms with Crippen molar-refractivity contribution in [2.75, 3.05) is 26.3 Å². The highest BCUT2D eigenvalue weighted by Gasteiger charge is 2.21. The number of aromatic amines is 1. The third kappa shape index (κ3) is 3.00. The van der Waals surface area contributed by atoms with E-state index < -0.39 is 5.91 Å². The van der Waals surface area contributed by atoms with E-state index >= 15 is 0 Å². The van der Waals surface area contributed by atoms with Gasteiger partial charge in [-0.3, -0.25) is 14.3 Å². The fraction of sp³-hybridized carbons (Fsp3) is 0.238. The molecule has 3 N–H and O–H groups in total. The Morgan fingerprint density at radius 3 is 2.70 bits per heavy atom. The first-order chi connectivity index (χ1) is 14.5. The van der Waals surface area contributed by atoms with E-state index in [0.717, 1.165) is 16.5 Å². The molecule has 1 saturated heterocycles. The Labute approximate surface area is 171 Å². The summed E-state index contributed by atoms with van der Waals surface area (Å²) in [5, 5.41) is 4.99. The van der Waals surface area contributed by atoms with Gasteiger partial charge in [0.2, 0.25) is 0 Å². The second-order valence-corrected chi connectivity index (χ2v) is 7.34. The lowest BCUT2D eigenvalue weighted by Gasteiger charge is -2.26. The summed E-state index contributed by atoms with van der Waals surface area (Å²) in [6.45, 7) is 2.24. The maximum atomic E-state index is 12.8. The van der Waals surface area contributed by atoms with E-state index in [0.29, 0.717) is 54.2 Å². The van der Waals surface area contributed by atoms with E-state index in [1.165, 1.54) is 0 Å². The van der Waals surface area contributed by atoms with Crippen LogP contribution in [0, 0.1) is 0 Å². The molecule has 152 valence electrons. The number of hydrogen-bond donors (Lipinski definition) is 2. The molecule has 1 fully saturated rings. The standard InChI is InChI=1S/C21H20N6O3/c1-26-11-13(10-23-26)16-9-15(20(22)28)19-18(24-16)14-3-2-12(8-17(14)25-19)21(29)27-4-6-30-7-5-27/h2-3,8-11,25H,4-7H2,1H3,(H2,22,28). The number of pyridine rings is 1. The molecule has 4 aromatic rings. The van der Waals surface area contributed by atoms with Crippen molar-refractivity contribution >= 4 is 33.8 Å². The van der Waals surface area contributed by atoms with Crippen LogP contribution in [0.4, 0.5) is 0 Å². The monoisotopic (exact) mass is 404 g/mol. The first-order valence-electron chi connectivity index (χ1n) is 9.63. The number of primary amides is 1. The number of nitrogens with one attached hydrogen (secondary N) is 1. The Bertz CT molecular complexity index is 1300. The van der Waals surface area contributed by atoms with Crippen LogP contribution in [0.3, 0.4) is 0 Å². The highest BCUT2D eigenvalue weighted by Crippen LogP contribution is 2.30. The minimum atomic E-state index is -0.552. The first-order valence-corrected chi connectivity index (χ1v) is 9.63. The van der Waals surface area contributed by atoms with E-state index in [1.54, 1.807) is 34.0 Å². The van der Waals surface area contributed by atoms with Crippen molar-refractivity contribution < 1.29 is 14.3 Å². The van der Waals surface area contributed by atoms with Crippen molar-refractivity contribution in [3.8, 4) is 11.3 Å². The lowest BCUT2D eigenvalue weighted by atomic mass is 10.1. The van der Waals surface area contributed by atoms with Gasteiger partial charge >= 0.3 is 0 Å². The normalized spacial score (nSPS) is 14.5. The number of fused-ring (bicyclic) bond motifs is 3. The molecule has 9 heteroatoms. The Morgan fingerprint density at radius 1 is 1.20 bits per heavy atom. The minimum Gasteiger partial charge on any atom is -0.378 e. The largest absolute Gasteiger partial charge is 0.378 e. The number of rotatable bonds is 3. The molecule has 0 spiro atoms. The lowest BCUT2D eigenvalue weighted by molar-refractivity contribution is 0.0303. The Balaban J connectivity index is 1.65. The summed E-state index contributed by atoms with van der Waals surface area (Å²) in [4.78, 5) is 34.7. The van der Waals surface area contributed by atoms with Crippen LogP contribution in [0.25, 0.3) is 33.2 Å². The summed E-state index contributed by atoms with van der Waals surface area (Å²) in [6, 6.07) is 7.10. The summed E-state index contributed by atoms with van der Waals surface area (Å²) < 4.78 is 6.99. The van der Waals surface area contributed by atoms with E-state index in [4.69, 9.17) is 15.5 Å². The van der Waals surface area contributed by atoms with Crippen molar-refractivity contribution in [2.24, 2.45) is 12.8 Å². The van der Waals surface area contributed by atoms with Gasteiger partial charge in [0, 0.05) is 48.4 Å². The molecule has 1 aliphatic heterocycles. The fourth-order valence-corrected chi connectivity index (χ4v) is 3.83. The van der Waals surface area contributed by atoms with Crippen LogP contribution in [-0.4, -0.2) is 62.8 Å². The summed E-state index contributed by atoms with van der Waals surface area (Å²) in [5.74, 6) is -0.596. The number of morpholine rings is 1. The predicted molar refractivity (Wildman–Crippen MR) is 111 cm³/mol. The number of H-pyrrole nitrogens is 1. The molecule has 2 amide bonds. The summed E-state index contributed by atoms with van der Waals surface area (Å²) in [7, 11) is 1.82. The zero-order valence-electron chi connectivity index (χ0n) is 16.4. The molecule has 0 radical (unpaired) electrons. The van der Waals surface area contributed by atoms with Crippen molar-refractivity contribution in [1.29, 1.82) is 0 Å². The highest BCUT2D eigenvalue weighted by molar-refractivity contribution is 6.14. The molecule has 9 nitrogen and oxygen atoms in total. The second kappa shape index (κ2) is 6.96. The van der Waals surface area contributed by atoms with Crippen LogP contribution in [0.1, 0.15) is 20.7 Å². The van der Waals surface area contributed by atoms with Crippen LogP contribution in [0.5, 0.6) is 0 Å². The van der Waals surface area contributed by atoms with Gasteiger partial charge in [0.05, 0.1) is 41.7 Å². The topological polar surface area (TPSA) is 119 Å². The molecular weight excluding hydrogens is 384 g/mol. The van der Waals surface area contributed by atoms with Gasteiger partial charge in [0.15, 0.2) is 0 Å². The molecule has 3 aromatic heterocycles. The van der Waals surface area contributed by atoms with Gasteiger partial charge in [-0.25, -0.2) is 4.98 Å². The van der Waals surface area contributed by atoms with Gasteiger partial charge in [0.25, 0.3) is 11.8 Å². The Kier molecular flexibility index (Phi) is 4.25. The SMILES string of the molecule is Cn1cc(-c2cc(C(N)=O)c3[nH]c4cc(C(=O)N5CCOCC5)ccc4c3n2)cn1. The van der Waals surface area contributed by atoms with E-state index in [9.17, 15) is 9.59 Å². The molecule has 0 atom stereocenters. The van der Waals surface area contributed by atoms with Gasteiger partial charge in [0.1, 0.15) is 0 Å². The molecule has 1 aromatic carbocycles. The number of carbonyl (C=O) groups is 2. The third-order valence-corrected chi connectivity index (χ3v) is 5.37. The smallest absolute Gasteiger partial charge is 0.254 e. The van der Waals surface area contributed by atoms with Crippen LogP contribution >= 0.6 is 0 Å². The van der Waals surface area contributed by atoms with Crippen molar-refractivity contribution in [3.63, 3.8) is 0 Å². The highest BCUT2D eigenvalue weighted by atomic mass is 16.5. The average Bonchev–Trinajstić information content (AvgIpc) is 3.35. The van der Waals surface area contributed by atoms with Gasteiger partial charge in [-0.05, 0) is 24.3 Å². The van der Waals surface area contributed by atoms with E-state index in [2.05, 4.69) is 10.1 Å². The summed E-state index contributed by atoms with van der Waals surface area (Å²) in [6.07, 6.45) is 3.51. The minimum absolute atomic E-state index is 0.0435. The number of ether oxygens (including phenoxy) is 1. The van der Waals surface area contributed by atoms with E-state index in [1.807, 2.05) is 19.3 Å². The maximum absolute atomic E-state index is 12.8. The Hall–Kier alpha value is -3.72. The number of carbonyl (C=O) groups excluding carboxylic acids is 2. The van der Waals surface area contributed by atoms with Crippen molar-refractivity contribution in [2.45, 2.75) is 0 Å². The number of nitrogens with zero attached hydrogens (tertiary/aromatic N) is 4. The van der Waals surface area contributed by atoms with Crippen LogP contribution in [-0.2, 0) is 11.8 Å². The molecule has 0 saturated carbocycles. The number of aromatic nitrogens is 4. The molecule has 4 heterocycles. The fourth-order valence-electron chi connectivity index (χ4n) is 3.83. The number of nitrogens with two attached hydrogens (primary N) is 1. The predicted octanol–water partition coefficient (Wildman–Crippen LogP) is 1.69. The quantitative estimate of drug-likeness (QED) is 0.539. The average molecular weight is 404 g/mol. The van der Waals surface area contributed by atoms with Crippen LogP contribution in [0.2, 0.25) is 0 Å². The third-order valence-electron chi connectivity index (χ3n) is 5.37. The number of aryl methyl sites for hydroxylation is 1. The zero-order valence-corrected chi connectivity index (χ0v) is 16.4. The summed E-state index contributed by atoms with van der Waals surface area (Å²) in [5.41, 5.74) is 9.87. The van der Waals surface area contributed by atoms with Crippen LogP contribution in [0.15, 0.2) is 36.7 Å². The zero-order chi connectivity index (χ0) is 20.8. The summed E-state index contributed by atoms with van der Waals surface area (Å²) >= 11 is 0. The van der Waals surface area contributed by atoms with E-state index in [-0.39, 0.29) is 5.91 Å². The van der Waals surface area contributed by atoms with Crippen LogP contribution < -0.4 is 5.73 Å². The van der Waals surface area contributed by atoms with Crippen molar-refractivity contribution in [1.82, 2.24) is 24.6 Å². The molecule has 5 rings (SSSR count). The van der Waals surface area contributed by atoms with Gasteiger partial charge in [-0.1, -0.05) is 0 Å². The molecule has 1 aliphatic rings. The number of hydrogen-bond acceptors (Lipinski definition) is 5. The number of benzene rings is 1. The van der Waals surface area contributed by atoms with Gasteiger partial charge in [-0.2, -0.15) is 5.10 Å². The van der Waals surface area contributed by atoms with Crippen molar-refractivity contribution in [3.05, 3.63) is 47.8 Å². The first kappa shape index (κ1) is 18.3. The van der Waals surface area contributed by atoms with Gasteiger partial charge < -0.3 is 20.4 Å². The second-order valence-electron chi connectivity index (χ2n) is 7.34. The molecular formula is C21H20N6O3. The number of amides is 2. The molecule has 0 unspecified atom stereocenters. The maximum Gasteiger partial charge on any atom is 0.254 e. The Morgan fingerprint density at radius 2 is 2.00 bits per heavy atom. The molecule has 30 heavy (non-hydrogen) atoms. The molecule has 0 aliphatic carbocycles.